The molecule has 0 aromatic carbocycles. The molecule has 0 aromatic heterocycles. The van der Waals surface area contributed by atoms with Gasteiger partial charge in [-0.05, 0) is 13.8 Å². The van der Waals surface area contributed by atoms with Crippen LogP contribution in [0, 0.1) is 0 Å². The molecule has 3 atom stereocenters. The Bertz CT molecular complexity index is 177. The Kier molecular flexibility index (Phi) is 3.49. The fourth-order valence-electron chi connectivity index (χ4n) is 1.09. The van der Waals surface area contributed by atoms with Crippen molar-refractivity contribution in [3.8, 4) is 0 Å². The molecule has 0 aliphatic carbocycles. The quantitative estimate of drug-likeness (QED) is 0.531. The van der Waals surface area contributed by atoms with E-state index in [0.29, 0.717) is 6.61 Å². The average Bonchev–Trinajstić information content (AvgIpc) is 2.34. The van der Waals surface area contributed by atoms with E-state index in [0.717, 1.165) is 0 Å². The van der Waals surface area contributed by atoms with Crippen molar-refractivity contribution in [2.45, 2.75) is 30.8 Å². The summed E-state index contributed by atoms with van der Waals surface area (Å²) in [6.45, 7) is 4.21. The van der Waals surface area contributed by atoms with Crippen molar-refractivity contribution in [1.29, 1.82) is 0 Å². The molecule has 0 amide bonds. The van der Waals surface area contributed by atoms with Crippen LogP contribution >= 0.6 is 15.9 Å². The highest BCUT2D eigenvalue weighted by Crippen LogP contribution is 2.16. The third-order valence-corrected chi connectivity index (χ3v) is 3.12. The minimum absolute atomic E-state index is 0.0940. The SMILES string of the molecule is CCOC(=O)C1NNC(C)C1Br. The van der Waals surface area contributed by atoms with Gasteiger partial charge in [0.2, 0.25) is 0 Å². The van der Waals surface area contributed by atoms with Crippen LogP contribution in [0.2, 0.25) is 0 Å². The Morgan fingerprint density at radius 1 is 1.58 bits per heavy atom. The lowest BCUT2D eigenvalue weighted by molar-refractivity contribution is -0.145. The van der Waals surface area contributed by atoms with Gasteiger partial charge in [-0.1, -0.05) is 15.9 Å². The van der Waals surface area contributed by atoms with Gasteiger partial charge in [0.15, 0.2) is 0 Å². The highest BCUT2D eigenvalue weighted by molar-refractivity contribution is 9.09. The predicted molar refractivity (Wildman–Crippen MR) is 48.9 cm³/mol. The molecule has 4 nitrogen and oxygen atoms in total. The van der Waals surface area contributed by atoms with Crippen molar-refractivity contribution in [2.24, 2.45) is 0 Å². The van der Waals surface area contributed by atoms with Crippen molar-refractivity contribution >= 4 is 21.9 Å². The van der Waals surface area contributed by atoms with Crippen molar-refractivity contribution in [2.75, 3.05) is 6.61 Å². The standard InChI is InChI=1S/C7H13BrN2O2/c1-3-12-7(11)6-5(8)4(2)9-10-6/h4-6,9-10H,3H2,1-2H3. The van der Waals surface area contributed by atoms with Gasteiger partial charge < -0.3 is 4.74 Å². The van der Waals surface area contributed by atoms with E-state index in [4.69, 9.17) is 4.74 Å². The summed E-state index contributed by atoms with van der Waals surface area (Å²) in [5.41, 5.74) is 5.83. The van der Waals surface area contributed by atoms with Crippen LogP contribution in [0.1, 0.15) is 13.8 Å². The summed E-state index contributed by atoms with van der Waals surface area (Å²) < 4.78 is 4.87. The van der Waals surface area contributed by atoms with Gasteiger partial charge in [-0.15, -0.1) is 0 Å². The number of rotatable bonds is 2. The van der Waals surface area contributed by atoms with Gasteiger partial charge in [0.05, 0.1) is 11.4 Å². The highest BCUT2D eigenvalue weighted by Gasteiger charge is 2.36. The van der Waals surface area contributed by atoms with E-state index in [1.165, 1.54) is 0 Å². The summed E-state index contributed by atoms with van der Waals surface area (Å²) >= 11 is 3.41. The normalized spacial score (nSPS) is 35.1. The van der Waals surface area contributed by atoms with E-state index in [1.807, 2.05) is 6.92 Å². The zero-order valence-corrected chi connectivity index (χ0v) is 8.72. The van der Waals surface area contributed by atoms with Crippen molar-refractivity contribution in [3.63, 3.8) is 0 Å². The number of alkyl halides is 1. The molecule has 1 saturated heterocycles. The number of hydrogen-bond donors (Lipinski definition) is 2. The zero-order valence-electron chi connectivity index (χ0n) is 7.13. The summed E-state index contributed by atoms with van der Waals surface area (Å²) in [4.78, 5) is 11.3. The van der Waals surface area contributed by atoms with Crippen LogP contribution in [0.4, 0.5) is 0 Å². The minimum Gasteiger partial charge on any atom is -0.465 e. The molecule has 0 bridgehead atoms. The molecule has 0 aromatic rings. The lowest BCUT2D eigenvalue weighted by atomic mass is 10.1. The summed E-state index contributed by atoms with van der Waals surface area (Å²) in [6.07, 6.45) is 0. The second-order valence-electron chi connectivity index (χ2n) is 2.75. The maximum Gasteiger partial charge on any atom is 0.325 e. The van der Waals surface area contributed by atoms with E-state index < -0.39 is 0 Å². The second-order valence-corrected chi connectivity index (χ2v) is 3.81. The number of nitrogens with one attached hydrogen (secondary N) is 2. The van der Waals surface area contributed by atoms with Crippen LogP contribution in [-0.2, 0) is 9.53 Å². The number of esters is 1. The number of hydrogen-bond acceptors (Lipinski definition) is 4. The molecule has 1 fully saturated rings. The number of hydrazine groups is 1. The van der Waals surface area contributed by atoms with Crippen LogP contribution in [0.5, 0.6) is 0 Å². The highest BCUT2D eigenvalue weighted by atomic mass is 79.9. The minimum atomic E-state index is -0.278. The fraction of sp³-hybridized carbons (Fsp3) is 0.857. The lowest BCUT2D eigenvalue weighted by Gasteiger charge is -2.12. The molecule has 3 unspecified atom stereocenters. The molecule has 5 heteroatoms. The topological polar surface area (TPSA) is 50.4 Å². The molecule has 70 valence electrons. The zero-order chi connectivity index (χ0) is 9.14. The molecular formula is C7H13BrN2O2. The summed E-state index contributed by atoms with van der Waals surface area (Å²) in [5, 5.41) is 0. The lowest BCUT2D eigenvalue weighted by Crippen LogP contribution is -2.40. The van der Waals surface area contributed by atoms with Gasteiger partial charge in [-0.3, -0.25) is 10.2 Å². The van der Waals surface area contributed by atoms with Gasteiger partial charge in [0.1, 0.15) is 6.04 Å². The second kappa shape index (κ2) is 4.20. The number of carbonyl (C=O) groups is 1. The maximum atomic E-state index is 11.2. The Morgan fingerprint density at radius 2 is 2.25 bits per heavy atom. The van der Waals surface area contributed by atoms with Gasteiger partial charge in [-0.25, -0.2) is 5.43 Å². The monoisotopic (exact) mass is 236 g/mol. The first-order valence-electron chi connectivity index (χ1n) is 3.98. The largest absolute Gasteiger partial charge is 0.465 e. The molecule has 12 heavy (non-hydrogen) atoms. The van der Waals surface area contributed by atoms with E-state index in [2.05, 4.69) is 26.8 Å². The first-order chi connectivity index (χ1) is 5.66. The molecule has 0 radical (unpaired) electrons. The van der Waals surface area contributed by atoms with Crippen LogP contribution in [-0.4, -0.2) is 29.5 Å². The van der Waals surface area contributed by atoms with E-state index >= 15 is 0 Å². The van der Waals surface area contributed by atoms with E-state index in [9.17, 15) is 4.79 Å². The molecule has 1 aliphatic heterocycles. The maximum absolute atomic E-state index is 11.2. The number of ether oxygens (including phenoxy) is 1. The third-order valence-electron chi connectivity index (χ3n) is 1.80. The van der Waals surface area contributed by atoms with Crippen LogP contribution in [0.25, 0.3) is 0 Å². The number of halogens is 1. The Hall–Kier alpha value is -0.130. The Morgan fingerprint density at radius 3 is 2.67 bits per heavy atom. The molecular weight excluding hydrogens is 224 g/mol. The molecule has 0 spiro atoms. The number of carbonyl (C=O) groups excluding carboxylic acids is 1. The Labute approximate surface area is 80.1 Å². The van der Waals surface area contributed by atoms with Gasteiger partial charge >= 0.3 is 5.97 Å². The van der Waals surface area contributed by atoms with Gasteiger partial charge in [0.25, 0.3) is 0 Å². The van der Waals surface area contributed by atoms with Crippen molar-refractivity contribution < 1.29 is 9.53 Å². The molecule has 1 heterocycles. The van der Waals surface area contributed by atoms with Crippen LogP contribution in [0.15, 0.2) is 0 Å². The molecule has 1 rings (SSSR count). The first kappa shape index (κ1) is 9.95. The van der Waals surface area contributed by atoms with Crippen molar-refractivity contribution in [3.05, 3.63) is 0 Å². The summed E-state index contributed by atoms with van der Waals surface area (Å²) in [6, 6.07) is -0.0423. The van der Waals surface area contributed by atoms with Crippen LogP contribution in [0.3, 0.4) is 0 Å². The predicted octanol–water partition coefficient (Wildman–Crippen LogP) is 0.178. The van der Waals surface area contributed by atoms with E-state index in [1.54, 1.807) is 6.92 Å². The van der Waals surface area contributed by atoms with E-state index in [-0.39, 0.29) is 22.9 Å². The summed E-state index contributed by atoms with van der Waals surface area (Å²) in [5.74, 6) is -0.212. The van der Waals surface area contributed by atoms with Gasteiger partial charge in [0, 0.05) is 6.04 Å². The molecule has 2 N–H and O–H groups in total. The average molecular weight is 237 g/mol. The Balaban J connectivity index is 2.47. The van der Waals surface area contributed by atoms with Crippen LogP contribution < -0.4 is 10.9 Å². The van der Waals surface area contributed by atoms with Gasteiger partial charge in [-0.2, -0.15) is 0 Å². The van der Waals surface area contributed by atoms with Crippen molar-refractivity contribution in [1.82, 2.24) is 10.9 Å². The first-order valence-corrected chi connectivity index (χ1v) is 4.90. The smallest absolute Gasteiger partial charge is 0.325 e. The third kappa shape index (κ3) is 1.97. The molecule has 1 aliphatic rings. The fourth-order valence-corrected chi connectivity index (χ4v) is 1.57. The molecule has 0 saturated carbocycles. The summed E-state index contributed by atoms with van der Waals surface area (Å²) in [7, 11) is 0.